The number of carbonyl (C=O) groups is 1. The van der Waals surface area contributed by atoms with Gasteiger partial charge >= 0.3 is 0 Å². The van der Waals surface area contributed by atoms with Gasteiger partial charge in [0.15, 0.2) is 0 Å². The Morgan fingerprint density at radius 3 is 2.37 bits per heavy atom. The maximum atomic E-state index is 11.9. The summed E-state index contributed by atoms with van der Waals surface area (Å²) in [7, 11) is -4.16. The zero-order valence-corrected chi connectivity index (χ0v) is 12.0. The predicted octanol–water partition coefficient (Wildman–Crippen LogP) is -0.229. The molecule has 1 aromatic carbocycles. The van der Waals surface area contributed by atoms with E-state index in [0.717, 1.165) is 19.1 Å². The fourth-order valence-corrected chi connectivity index (χ4v) is 2.87. The number of carboxylic acid groups (broad SMARTS) is 1. The molecule has 0 aliphatic carbocycles. The molecule has 9 heteroatoms. The summed E-state index contributed by atoms with van der Waals surface area (Å²) in [6.45, 7) is 1.12. The molecular formula is C10H10Cl2NO5S-. The summed E-state index contributed by atoms with van der Waals surface area (Å²) in [5.74, 6) is -1.74. The number of aliphatic hydroxyl groups excluding tert-OH is 1. The van der Waals surface area contributed by atoms with Crippen LogP contribution in [0.2, 0.25) is 10.0 Å². The number of nitrogens with one attached hydrogen (secondary N) is 1. The first-order valence-corrected chi connectivity index (χ1v) is 7.25. The first-order chi connectivity index (χ1) is 8.65. The molecule has 0 saturated carbocycles. The van der Waals surface area contributed by atoms with Gasteiger partial charge in [0.25, 0.3) is 0 Å². The number of hydrogen-bond donors (Lipinski definition) is 2. The van der Waals surface area contributed by atoms with Crippen molar-refractivity contribution in [2.75, 3.05) is 0 Å². The van der Waals surface area contributed by atoms with Gasteiger partial charge in [-0.2, -0.15) is 4.72 Å². The van der Waals surface area contributed by atoms with Crippen LogP contribution in [0, 0.1) is 0 Å². The minimum absolute atomic E-state index is 0.00610. The van der Waals surface area contributed by atoms with Gasteiger partial charge in [-0.15, -0.1) is 0 Å². The maximum absolute atomic E-state index is 11.9. The van der Waals surface area contributed by atoms with Crippen LogP contribution in [0.3, 0.4) is 0 Å². The van der Waals surface area contributed by atoms with Crippen LogP contribution in [-0.4, -0.2) is 31.6 Å². The van der Waals surface area contributed by atoms with Crippen molar-refractivity contribution in [3.63, 3.8) is 0 Å². The van der Waals surface area contributed by atoms with E-state index in [-0.39, 0.29) is 14.9 Å². The molecule has 0 spiro atoms. The van der Waals surface area contributed by atoms with E-state index < -0.39 is 28.1 Å². The number of halogens is 2. The smallest absolute Gasteiger partial charge is 0.241 e. The van der Waals surface area contributed by atoms with Crippen LogP contribution in [0.4, 0.5) is 0 Å². The summed E-state index contributed by atoms with van der Waals surface area (Å²) >= 11 is 11.3. The van der Waals surface area contributed by atoms with E-state index in [1.807, 2.05) is 4.72 Å². The summed E-state index contributed by atoms with van der Waals surface area (Å²) in [5.41, 5.74) is 0. The topological polar surface area (TPSA) is 107 Å². The van der Waals surface area contributed by atoms with Gasteiger partial charge in [0.1, 0.15) is 0 Å². The van der Waals surface area contributed by atoms with Gasteiger partial charge in [0.05, 0.1) is 33.1 Å². The van der Waals surface area contributed by atoms with Crippen molar-refractivity contribution in [1.29, 1.82) is 0 Å². The zero-order valence-electron chi connectivity index (χ0n) is 9.63. The van der Waals surface area contributed by atoms with Crippen LogP contribution >= 0.6 is 23.2 Å². The van der Waals surface area contributed by atoms with Crippen molar-refractivity contribution in [3.8, 4) is 0 Å². The molecule has 0 heterocycles. The third-order valence-corrected chi connectivity index (χ3v) is 4.40. The molecule has 19 heavy (non-hydrogen) atoms. The fourth-order valence-electron chi connectivity index (χ4n) is 1.22. The highest BCUT2D eigenvalue weighted by atomic mass is 35.5. The Hall–Kier alpha value is -0.860. The number of rotatable bonds is 5. The number of carbonyl (C=O) groups excluding carboxylic acids is 1. The lowest BCUT2D eigenvalue weighted by Crippen LogP contribution is -2.53. The molecule has 0 radical (unpaired) electrons. The Balaban J connectivity index is 3.10. The van der Waals surface area contributed by atoms with Crippen molar-refractivity contribution in [2.45, 2.75) is 24.0 Å². The van der Waals surface area contributed by atoms with Crippen LogP contribution in [-0.2, 0) is 14.8 Å². The number of aliphatic hydroxyl groups is 1. The van der Waals surface area contributed by atoms with E-state index in [4.69, 9.17) is 23.2 Å². The van der Waals surface area contributed by atoms with Gasteiger partial charge in [-0.05, 0) is 25.1 Å². The lowest BCUT2D eigenvalue weighted by atomic mass is 10.2. The summed E-state index contributed by atoms with van der Waals surface area (Å²) < 4.78 is 25.6. The maximum Gasteiger partial charge on any atom is 0.241 e. The number of benzene rings is 1. The van der Waals surface area contributed by atoms with Gasteiger partial charge in [-0.25, -0.2) is 8.42 Å². The Labute approximate surface area is 120 Å². The molecule has 0 bridgehead atoms. The first kappa shape index (κ1) is 16.2. The van der Waals surface area contributed by atoms with Crippen molar-refractivity contribution in [3.05, 3.63) is 28.2 Å². The van der Waals surface area contributed by atoms with Crippen LogP contribution in [0.25, 0.3) is 0 Å². The second kappa shape index (κ2) is 6.06. The van der Waals surface area contributed by atoms with Gasteiger partial charge in [-0.3, -0.25) is 0 Å². The van der Waals surface area contributed by atoms with E-state index in [1.54, 1.807) is 0 Å². The SMILES string of the molecule is C[C@H](O)[C@H](NS(=O)(=O)c1ccc(Cl)c(Cl)c1)C(=O)[O-]. The van der Waals surface area contributed by atoms with Crippen LogP contribution in [0.5, 0.6) is 0 Å². The molecule has 0 fully saturated rings. The van der Waals surface area contributed by atoms with Gasteiger partial charge in [0.2, 0.25) is 10.0 Å². The van der Waals surface area contributed by atoms with Crippen LogP contribution < -0.4 is 9.83 Å². The second-order valence-corrected chi connectivity index (χ2v) is 6.26. The first-order valence-electron chi connectivity index (χ1n) is 5.01. The number of aliphatic carboxylic acids is 1. The minimum atomic E-state index is -4.16. The monoisotopic (exact) mass is 326 g/mol. The molecule has 6 nitrogen and oxygen atoms in total. The fraction of sp³-hybridized carbons (Fsp3) is 0.300. The van der Waals surface area contributed by atoms with Gasteiger partial charge < -0.3 is 15.0 Å². The van der Waals surface area contributed by atoms with Gasteiger partial charge in [-0.1, -0.05) is 23.2 Å². The highest BCUT2D eigenvalue weighted by Gasteiger charge is 2.24. The molecule has 1 aromatic rings. The Kier molecular flexibility index (Phi) is 5.17. The molecular weight excluding hydrogens is 317 g/mol. The van der Waals surface area contributed by atoms with Crippen molar-refractivity contribution >= 4 is 39.2 Å². The standard InChI is InChI=1S/C10H11Cl2NO5S/c1-5(14)9(10(15)16)13-19(17,18)6-2-3-7(11)8(12)4-6/h2-5,9,13-14H,1H3,(H,15,16)/p-1/t5-,9-/m0/s1. The number of sulfonamides is 1. The highest BCUT2D eigenvalue weighted by molar-refractivity contribution is 7.89. The minimum Gasteiger partial charge on any atom is -0.548 e. The largest absolute Gasteiger partial charge is 0.548 e. The average molecular weight is 327 g/mol. The van der Waals surface area contributed by atoms with Crippen molar-refractivity contribution < 1.29 is 23.4 Å². The molecule has 0 amide bonds. The van der Waals surface area contributed by atoms with E-state index in [1.165, 1.54) is 6.07 Å². The van der Waals surface area contributed by atoms with Gasteiger partial charge in [0, 0.05) is 0 Å². The summed E-state index contributed by atoms with van der Waals surface area (Å²) in [4.78, 5) is 10.5. The lowest BCUT2D eigenvalue weighted by Gasteiger charge is -2.22. The molecule has 0 saturated heterocycles. The third-order valence-electron chi connectivity index (χ3n) is 2.22. The van der Waals surface area contributed by atoms with Crippen LogP contribution in [0.1, 0.15) is 6.92 Å². The predicted molar refractivity (Wildman–Crippen MR) is 67.3 cm³/mol. The van der Waals surface area contributed by atoms with E-state index in [0.29, 0.717) is 0 Å². The molecule has 2 atom stereocenters. The van der Waals surface area contributed by atoms with Crippen LogP contribution in [0.15, 0.2) is 23.1 Å². The van der Waals surface area contributed by atoms with Crippen molar-refractivity contribution in [1.82, 2.24) is 4.72 Å². The highest BCUT2D eigenvalue weighted by Crippen LogP contribution is 2.24. The van der Waals surface area contributed by atoms with E-state index in [9.17, 15) is 23.4 Å². The lowest BCUT2D eigenvalue weighted by molar-refractivity contribution is -0.309. The van der Waals surface area contributed by atoms with Crippen molar-refractivity contribution in [2.24, 2.45) is 0 Å². The molecule has 1 rings (SSSR count). The molecule has 0 aromatic heterocycles. The Bertz CT molecular complexity index is 588. The molecule has 0 aliphatic heterocycles. The normalized spacial score (nSPS) is 14.9. The van der Waals surface area contributed by atoms with E-state index >= 15 is 0 Å². The molecule has 106 valence electrons. The molecule has 2 N–H and O–H groups in total. The molecule has 0 aliphatic rings. The second-order valence-electron chi connectivity index (χ2n) is 3.73. The van der Waals surface area contributed by atoms with E-state index in [2.05, 4.69) is 0 Å². The Morgan fingerprint density at radius 2 is 1.95 bits per heavy atom. The summed E-state index contributed by atoms with van der Waals surface area (Å²) in [6.07, 6.45) is -1.46. The quantitative estimate of drug-likeness (QED) is 0.777. The average Bonchev–Trinajstić information content (AvgIpc) is 2.28. The summed E-state index contributed by atoms with van der Waals surface area (Å²) in [5, 5.41) is 20.1. The third kappa shape index (κ3) is 4.05. The zero-order chi connectivity index (χ0) is 14.8. The Morgan fingerprint density at radius 1 is 1.37 bits per heavy atom. The summed E-state index contributed by atoms with van der Waals surface area (Å²) in [6, 6.07) is 1.72. The molecule has 0 unspecified atom stereocenters. The number of hydrogen-bond acceptors (Lipinski definition) is 5. The number of carboxylic acids is 1.